The van der Waals surface area contributed by atoms with Crippen LogP contribution < -0.4 is 10.6 Å². The second kappa shape index (κ2) is 7.50. The molecule has 0 saturated heterocycles. The van der Waals surface area contributed by atoms with Crippen molar-refractivity contribution in [3.05, 3.63) is 35.5 Å². The Morgan fingerprint density at radius 3 is 3.10 bits per heavy atom. The second-order valence-electron chi connectivity index (χ2n) is 5.35. The summed E-state index contributed by atoms with van der Waals surface area (Å²) in [5.74, 6) is 0.957. The summed E-state index contributed by atoms with van der Waals surface area (Å²) in [4.78, 5) is 7.86. The molecule has 0 spiro atoms. The summed E-state index contributed by atoms with van der Waals surface area (Å²) in [5, 5.41) is 8.12. The number of nitrogens with zero attached hydrogens (tertiary/aromatic N) is 1. The highest BCUT2D eigenvalue weighted by molar-refractivity contribution is 8.93. The van der Waals surface area contributed by atoms with Crippen LogP contribution in [0.4, 0.5) is 0 Å². The number of H-pyrrole nitrogens is 1. The average molecular weight is 351 g/mol. The number of guanidine groups is 1. The van der Waals surface area contributed by atoms with Crippen molar-refractivity contribution < 1.29 is 0 Å². The van der Waals surface area contributed by atoms with E-state index in [4.69, 9.17) is 0 Å². The van der Waals surface area contributed by atoms with Crippen LogP contribution in [0.25, 0.3) is 10.9 Å². The highest BCUT2D eigenvalue weighted by Crippen LogP contribution is 2.22. The maximum absolute atomic E-state index is 4.51. The largest absolute Gasteiger partial charge is 0.361 e. The molecule has 3 rings (SSSR count). The van der Waals surface area contributed by atoms with Crippen LogP contribution >= 0.6 is 17.0 Å². The Kier molecular flexibility index (Phi) is 5.67. The lowest BCUT2D eigenvalue weighted by atomic mass is 10.1. The standard InChI is InChI=1S/C16H22N4.BrH/c1-12-5-4-6-14-15(12)13(11-20-14)7-10-19-16-17-8-2-3-9-18-16;/h4-6,11,20H,2-3,7-10H2,1H3,(H2,17,18,19);1H. The molecule has 1 aromatic carbocycles. The molecule has 0 radical (unpaired) electrons. The number of aryl methyl sites for hydroxylation is 1. The quantitative estimate of drug-likeness (QED) is 0.797. The van der Waals surface area contributed by atoms with Crippen molar-refractivity contribution >= 4 is 33.8 Å². The van der Waals surface area contributed by atoms with Crippen LogP contribution in [0.3, 0.4) is 0 Å². The smallest absolute Gasteiger partial charge is 0.191 e. The summed E-state index contributed by atoms with van der Waals surface area (Å²) in [6, 6.07) is 6.40. The van der Waals surface area contributed by atoms with Crippen molar-refractivity contribution in [3.8, 4) is 0 Å². The molecule has 1 aliphatic rings. The van der Waals surface area contributed by atoms with Gasteiger partial charge in [-0.2, -0.15) is 0 Å². The molecule has 0 amide bonds. The van der Waals surface area contributed by atoms with Crippen LogP contribution in [-0.4, -0.2) is 30.6 Å². The van der Waals surface area contributed by atoms with E-state index < -0.39 is 0 Å². The fourth-order valence-electron chi connectivity index (χ4n) is 2.77. The van der Waals surface area contributed by atoms with Crippen LogP contribution in [0.5, 0.6) is 0 Å². The van der Waals surface area contributed by atoms with E-state index in [0.29, 0.717) is 0 Å². The lowest BCUT2D eigenvalue weighted by Crippen LogP contribution is -2.38. The molecule has 1 aromatic heterocycles. The molecule has 3 N–H and O–H groups in total. The van der Waals surface area contributed by atoms with Gasteiger partial charge in [0.1, 0.15) is 0 Å². The number of aliphatic imine (C=N–C) groups is 1. The predicted molar refractivity (Wildman–Crippen MR) is 94.6 cm³/mol. The van der Waals surface area contributed by atoms with Crippen LogP contribution in [0.1, 0.15) is 24.0 Å². The molecule has 1 aliphatic heterocycles. The minimum absolute atomic E-state index is 0. The summed E-state index contributed by atoms with van der Waals surface area (Å²) in [5.41, 5.74) is 3.94. The summed E-state index contributed by atoms with van der Waals surface area (Å²) in [6.45, 7) is 5.04. The molecule has 0 saturated carbocycles. The number of aromatic amines is 1. The van der Waals surface area contributed by atoms with Crippen molar-refractivity contribution in [1.82, 2.24) is 15.6 Å². The minimum Gasteiger partial charge on any atom is -0.361 e. The molecule has 0 fully saturated rings. The molecular formula is C16H23BrN4. The zero-order valence-corrected chi connectivity index (χ0v) is 14.1. The Balaban J connectivity index is 0.00000161. The maximum atomic E-state index is 4.51. The van der Waals surface area contributed by atoms with Crippen molar-refractivity contribution in [2.45, 2.75) is 26.2 Å². The van der Waals surface area contributed by atoms with Gasteiger partial charge in [0.2, 0.25) is 0 Å². The van der Waals surface area contributed by atoms with E-state index in [1.165, 1.54) is 34.9 Å². The first-order chi connectivity index (χ1) is 9.84. The minimum atomic E-state index is 0. The van der Waals surface area contributed by atoms with Gasteiger partial charge in [0, 0.05) is 36.7 Å². The third kappa shape index (κ3) is 3.79. The number of halogens is 1. The van der Waals surface area contributed by atoms with Gasteiger partial charge in [-0.25, -0.2) is 0 Å². The Bertz CT molecular complexity index is 618. The number of nitrogens with one attached hydrogen (secondary N) is 3. The maximum Gasteiger partial charge on any atom is 0.191 e. The number of hydrogen-bond donors (Lipinski definition) is 3. The Morgan fingerprint density at radius 2 is 2.19 bits per heavy atom. The second-order valence-corrected chi connectivity index (χ2v) is 5.35. The predicted octanol–water partition coefficient (Wildman–Crippen LogP) is 2.93. The monoisotopic (exact) mass is 350 g/mol. The van der Waals surface area contributed by atoms with Crippen LogP contribution in [0.2, 0.25) is 0 Å². The van der Waals surface area contributed by atoms with Crippen LogP contribution in [0, 0.1) is 6.92 Å². The van der Waals surface area contributed by atoms with Crippen molar-refractivity contribution in [2.24, 2.45) is 4.99 Å². The van der Waals surface area contributed by atoms with Crippen molar-refractivity contribution in [1.29, 1.82) is 0 Å². The molecule has 4 nitrogen and oxygen atoms in total. The Morgan fingerprint density at radius 1 is 1.29 bits per heavy atom. The van der Waals surface area contributed by atoms with E-state index in [1.807, 2.05) is 0 Å². The normalized spacial score (nSPS) is 14.8. The van der Waals surface area contributed by atoms with Gasteiger partial charge in [-0.05, 0) is 43.4 Å². The number of hydrogen-bond acceptors (Lipinski definition) is 3. The first-order valence-corrected chi connectivity index (χ1v) is 7.42. The Hall–Kier alpha value is -1.49. The first kappa shape index (κ1) is 15.9. The first-order valence-electron chi connectivity index (χ1n) is 7.42. The van der Waals surface area contributed by atoms with E-state index in [9.17, 15) is 0 Å². The molecule has 5 heteroatoms. The topological polar surface area (TPSA) is 52.2 Å². The van der Waals surface area contributed by atoms with Gasteiger partial charge in [-0.15, -0.1) is 17.0 Å². The molecule has 2 heterocycles. The van der Waals surface area contributed by atoms with Gasteiger partial charge in [-0.1, -0.05) is 12.1 Å². The number of rotatable bonds is 3. The van der Waals surface area contributed by atoms with Crippen molar-refractivity contribution in [2.75, 3.05) is 19.6 Å². The zero-order valence-electron chi connectivity index (χ0n) is 12.4. The molecule has 0 atom stereocenters. The lowest BCUT2D eigenvalue weighted by Gasteiger charge is -2.09. The van der Waals surface area contributed by atoms with Gasteiger partial charge in [0.25, 0.3) is 0 Å². The van der Waals surface area contributed by atoms with E-state index in [0.717, 1.165) is 32.0 Å². The summed E-state index contributed by atoms with van der Waals surface area (Å²) < 4.78 is 0. The van der Waals surface area contributed by atoms with E-state index >= 15 is 0 Å². The molecule has 0 bridgehead atoms. The molecular weight excluding hydrogens is 328 g/mol. The summed E-state index contributed by atoms with van der Waals surface area (Å²) in [6.07, 6.45) is 5.52. The van der Waals surface area contributed by atoms with E-state index in [1.54, 1.807) is 0 Å². The molecule has 114 valence electrons. The highest BCUT2D eigenvalue weighted by atomic mass is 79.9. The third-order valence-corrected chi connectivity index (χ3v) is 3.83. The number of aromatic nitrogens is 1. The van der Waals surface area contributed by atoms with Crippen LogP contribution in [0.15, 0.2) is 29.4 Å². The van der Waals surface area contributed by atoms with Gasteiger partial charge < -0.3 is 15.6 Å². The zero-order chi connectivity index (χ0) is 13.8. The lowest BCUT2D eigenvalue weighted by molar-refractivity contribution is 0.741. The number of benzene rings is 1. The van der Waals surface area contributed by atoms with Crippen LogP contribution in [-0.2, 0) is 6.42 Å². The van der Waals surface area contributed by atoms with Crippen molar-refractivity contribution in [3.63, 3.8) is 0 Å². The Labute approximate surface area is 136 Å². The summed E-state index contributed by atoms with van der Waals surface area (Å²) >= 11 is 0. The third-order valence-electron chi connectivity index (χ3n) is 3.83. The van der Waals surface area contributed by atoms with Gasteiger partial charge in [0.05, 0.1) is 0 Å². The fraction of sp³-hybridized carbons (Fsp3) is 0.438. The molecule has 21 heavy (non-hydrogen) atoms. The number of fused-ring (bicyclic) bond motifs is 1. The average Bonchev–Trinajstić information content (AvgIpc) is 2.69. The van der Waals surface area contributed by atoms with Gasteiger partial charge in [-0.3, -0.25) is 4.99 Å². The van der Waals surface area contributed by atoms with Gasteiger partial charge in [0.15, 0.2) is 5.96 Å². The highest BCUT2D eigenvalue weighted by Gasteiger charge is 2.07. The molecule has 0 aliphatic carbocycles. The van der Waals surface area contributed by atoms with E-state index in [-0.39, 0.29) is 17.0 Å². The fourth-order valence-corrected chi connectivity index (χ4v) is 2.77. The van der Waals surface area contributed by atoms with E-state index in [2.05, 4.69) is 51.9 Å². The molecule has 0 unspecified atom stereocenters. The van der Waals surface area contributed by atoms with Gasteiger partial charge >= 0.3 is 0 Å². The SMILES string of the molecule is Br.Cc1cccc2[nH]cc(CCNC3=NCCCCN3)c12. The summed E-state index contributed by atoms with van der Waals surface area (Å²) in [7, 11) is 0. The molecule has 2 aromatic rings.